The summed E-state index contributed by atoms with van der Waals surface area (Å²) < 4.78 is 0. The normalized spacial score (nSPS) is 33.4. The SMILES string of the molecule is O=CC1CCCCC1N1CCCC1=O. The van der Waals surface area contributed by atoms with Gasteiger partial charge in [-0.25, -0.2) is 0 Å². The smallest absolute Gasteiger partial charge is 0.222 e. The molecule has 1 amide bonds. The molecule has 0 spiro atoms. The molecule has 2 unspecified atom stereocenters. The van der Waals surface area contributed by atoms with E-state index in [0.717, 1.165) is 38.5 Å². The van der Waals surface area contributed by atoms with Crippen molar-refractivity contribution in [3.05, 3.63) is 0 Å². The zero-order valence-electron chi connectivity index (χ0n) is 8.45. The van der Waals surface area contributed by atoms with E-state index in [1.165, 1.54) is 6.42 Å². The van der Waals surface area contributed by atoms with Crippen LogP contribution in [-0.4, -0.2) is 29.7 Å². The van der Waals surface area contributed by atoms with Gasteiger partial charge in [-0.1, -0.05) is 12.8 Å². The van der Waals surface area contributed by atoms with Crippen molar-refractivity contribution in [2.45, 2.75) is 44.6 Å². The van der Waals surface area contributed by atoms with Gasteiger partial charge in [-0.2, -0.15) is 0 Å². The van der Waals surface area contributed by atoms with Crippen molar-refractivity contribution in [3.8, 4) is 0 Å². The van der Waals surface area contributed by atoms with E-state index in [0.29, 0.717) is 6.42 Å². The lowest BCUT2D eigenvalue weighted by Gasteiger charge is -2.35. The van der Waals surface area contributed by atoms with Gasteiger partial charge >= 0.3 is 0 Å². The Kier molecular flexibility index (Phi) is 2.85. The maximum atomic E-state index is 11.5. The number of amides is 1. The van der Waals surface area contributed by atoms with Gasteiger partial charge < -0.3 is 9.69 Å². The number of aldehydes is 1. The predicted molar refractivity (Wildman–Crippen MR) is 52.8 cm³/mol. The number of hydrogen-bond donors (Lipinski definition) is 0. The minimum Gasteiger partial charge on any atom is -0.339 e. The highest BCUT2D eigenvalue weighted by molar-refractivity contribution is 5.79. The molecular weight excluding hydrogens is 178 g/mol. The molecule has 3 nitrogen and oxygen atoms in total. The van der Waals surface area contributed by atoms with Gasteiger partial charge in [0.1, 0.15) is 6.29 Å². The van der Waals surface area contributed by atoms with E-state index in [9.17, 15) is 9.59 Å². The Morgan fingerprint density at radius 1 is 1.21 bits per heavy atom. The van der Waals surface area contributed by atoms with Crippen molar-refractivity contribution in [3.63, 3.8) is 0 Å². The van der Waals surface area contributed by atoms with Crippen LogP contribution in [0.4, 0.5) is 0 Å². The Hall–Kier alpha value is -0.860. The summed E-state index contributed by atoms with van der Waals surface area (Å²) in [6, 6.07) is 0.219. The van der Waals surface area contributed by atoms with Crippen molar-refractivity contribution in [2.24, 2.45) is 5.92 Å². The summed E-state index contributed by atoms with van der Waals surface area (Å²) >= 11 is 0. The van der Waals surface area contributed by atoms with Gasteiger partial charge in [0, 0.05) is 24.9 Å². The number of rotatable bonds is 2. The first-order chi connectivity index (χ1) is 6.83. The molecule has 1 aliphatic heterocycles. The van der Waals surface area contributed by atoms with E-state index in [-0.39, 0.29) is 17.9 Å². The molecule has 0 N–H and O–H groups in total. The molecular formula is C11H17NO2. The van der Waals surface area contributed by atoms with Crippen LogP contribution in [0, 0.1) is 5.92 Å². The molecule has 1 heterocycles. The molecule has 0 bridgehead atoms. The van der Waals surface area contributed by atoms with Crippen molar-refractivity contribution in [1.82, 2.24) is 4.90 Å². The lowest BCUT2D eigenvalue weighted by atomic mass is 9.84. The Labute approximate surface area is 84.5 Å². The second-order valence-corrected chi connectivity index (χ2v) is 4.34. The fraction of sp³-hybridized carbons (Fsp3) is 0.818. The lowest BCUT2D eigenvalue weighted by Crippen LogP contribution is -2.43. The Morgan fingerprint density at radius 2 is 2.00 bits per heavy atom. The van der Waals surface area contributed by atoms with Crippen LogP contribution in [0.3, 0.4) is 0 Å². The summed E-state index contributed by atoms with van der Waals surface area (Å²) in [6.45, 7) is 0.869. The Balaban J connectivity index is 2.06. The van der Waals surface area contributed by atoms with Crippen LogP contribution in [0.1, 0.15) is 38.5 Å². The monoisotopic (exact) mass is 195 g/mol. The maximum Gasteiger partial charge on any atom is 0.222 e. The highest BCUT2D eigenvalue weighted by Gasteiger charge is 2.34. The zero-order chi connectivity index (χ0) is 9.97. The molecule has 1 saturated heterocycles. The third kappa shape index (κ3) is 1.68. The molecule has 0 aromatic rings. The first kappa shape index (κ1) is 9.69. The van der Waals surface area contributed by atoms with Crippen LogP contribution in [0.5, 0.6) is 0 Å². The van der Waals surface area contributed by atoms with Crippen LogP contribution < -0.4 is 0 Å². The van der Waals surface area contributed by atoms with E-state index >= 15 is 0 Å². The van der Waals surface area contributed by atoms with Gasteiger partial charge in [-0.05, 0) is 19.3 Å². The highest BCUT2D eigenvalue weighted by Crippen LogP contribution is 2.29. The van der Waals surface area contributed by atoms with Crippen LogP contribution >= 0.6 is 0 Å². The summed E-state index contributed by atoms with van der Waals surface area (Å²) in [5, 5.41) is 0. The van der Waals surface area contributed by atoms with E-state index in [1.54, 1.807) is 0 Å². The Morgan fingerprint density at radius 3 is 2.64 bits per heavy atom. The first-order valence-electron chi connectivity index (χ1n) is 5.57. The topological polar surface area (TPSA) is 37.4 Å². The summed E-state index contributed by atoms with van der Waals surface area (Å²) in [7, 11) is 0. The number of likely N-dealkylation sites (tertiary alicyclic amines) is 1. The van der Waals surface area contributed by atoms with Crippen molar-refractivity contribution >= 4 is 12.2 Å². The predicted octanol–water partition coefficient (Wildman–Crippen LogP) is 1.37. The number of hydrogen-bond acceptors (Lipinski definition) is 2. The van der Waals surface area contributed by atoms with Gasteiger partial charge in [-0.3, -0.25) is 4.79 Å². The molecule has 2 atom stereocenters. The minimum absolute atomic E-state index is 0.103. The average Bonchev–Trinajstić information content (AvgIpc) is 2.64. The molecule has 1 saturated carbocycles. The van der Waals surface area contributed by atoms with Gasteiger partial charge in [0.2, 0.25) is 5.91 Å². The Bertz CT molecular complexity index is 239. The molecule has 0 aromatic carbocycles. The second kappa shape index (κ2) is 4.11. The third-order valence-electron chi connectivity index (χ3n) is 3.47. The van der Waals surface area contributed by atoms with Crippen molar-refractivity contribution in [1.29, 1.82) is 0 Å². The third-order valence-corrected chi connectivity index (χ3v) is 3.47. The molecule has 3 heteroatoms. The quantitative estimate of drug-likeness (QED) is 0.624. The maximum absolute atomic E-state index is 11.5. The van der Waals surface area contributed by atoms with E-state index < -0.39 is 0 Å². The number of carbonyl (C=O) groups excluding carboxylic acids is 2. The summed E-state index contributed by atoms with van der Waals surface area (Å²) in [4.78, 5) is 24.4. The first-order valence-corrected chi connectivity index (χ1v) is 5.57. The minimum atomic E-state index is 0.103. The van der Waals surface area contributed by atoms with E-state index in [4.69, 9.17) is 0 Å². The fourth-order valence-electron chi connectivity index (χ4n) is 2.71. The van der Waals surface area contributed by atoms with Gasteiger partial charge in [0.25, 0.3) is 0 Å². The summed E-state index contributed by atoms with van der Waals surface area (Å²) in [6.07, 6.45) is 7.01. The van der Waals surface area contributed by atoms with E-state index in [2.05, 4.69) is 0 Å². The number of carbonyl (C=O) groups is 2. The fourth-order valence-corrected chi connectivity index (χ4v) is 2.71. The molecule has 78 valence electrons. The largest absolute Gasteiger partial charge is 0.339 e. The van der Waals surface area contributed by atoms with Crippen LogP contribution in [0.25, 0.3) is 0 Å². The molecule has 0 aromatic heterocycles. The van der Waals surface area contributed by atoms with Crippen molar-refractivity contribution in [2.75, 3.05) is 6.54 Å². The summed E-state index contributed by atoms with van der Waals surface area (Å²) in [5.41, 5.74) is 0. The second-order valence-electron chi connectivity index (χ2n) is 4.34. The standard InChI is InChI=1S/C11H17NO2/c13-8-9-4-1-2-5-10(9)12-7-3-6-11(12)14/h8-10H,1-7H2. The molecule has 2 fully saturated rings. The zero-order valence-corrected chi connectivity index (χ0v) is 8.45. The van der Waals surface area contributed by atoms with Gasteiger partial charge in [0.05, 0.1) is 0 Å². The van der Waals surface area contributed by atoms with E-state index in [1.807, 2.05) is 4.90 Å². The molecule has 2 aliphatic rings. The molecule has 0 radical (unpaired) electrons. The highest BCUT2D eigenvalue weighted by atomic mass is 16.2. The summed E-state index contributed by atoms with van der Waals surface area (Å²) in [5.74, 6) is 0.356. The van der Waals surface area contributed by atoms with Crippen molar-refractivity contribution < 1.29 is 9.59 Å². The average molecular weight is 195 g/mol. The van der Waals surface area contributed by atoms with Gasteiger partial charge in [-0.15, -0.1) is 0 Å². The number of nitrogens with zero attached hydrogens (tertiary/aromatic N) is 1. The molecule has 2 rings (SSSR count). The van der Waals surface area contributed by atoms with Crippen LogP contribution in [0.2, 0.25) is 0 Å². The lowest BCUT2D eigenvalue weighted by molar-refractivity contribution is -0.132. The van der Waals surface area contributed by atoms with Crippen LogP contribution in [-0.2, 0) is 9.59 Å². The van der Waals surface area contributed by atoms with Crippen LogP contribution in [0.15, 0.2) is 0 Å². The molecule has 1 aliphatic carbocycles. The van der Waals surface area contributed by atoms with Gasteiger partial charge in [0.15, 0.2) is 0 Å². The molecule has 14 heavy (non-hydrogen) atoms.